The molecular weight excluding hydrogens is 686 g/mol. The average Bonchev–Trinajstić information content (AvgIpc) is 3.64. The number of carbonyl (C=O) groups excluding carboxylic acids is 5. The van der Waals surface area contributed by atoms with Gasteiger partial charge in [0.25, 0.3) is 0 Å². The fraction of sp³-hybridized carbons (Fsp3) is 0.281. The van der Waals surface area contributed by atoms with Gasteiger partial charge in [-0.2, -0.15) is 0 Å². The Balaban J connectivity index is 1.07. The molecule has 9 nitrogen and oxygen atoms in total. The Hall–Kier alpha value is -3.83. The molecule has 0 aromatic heterocycles. The Bertz CT molecular complexity index is 1610. The number of alkyl halides is 2. The van der Waals surface area contributed by atoms with E-state index in [1.165, 1.54) is 48.4 Å². The molecule has 3 aromatic rings. The Morgan fingerprint density at radius 2 is 1.37 bits per heavy atom. The standard InChI is InChI=1S/C32H25Br2NO8/c1-41-21-7-3-5-18(13-21)32(40)43-20-10-8-16(9-11-20)24(36)15-42-31(39)17-4-2-6-19(12-17)35-29(37)25-22-14-23(26(25)30(35)38)28(34)27(22)33/h2-13,22-23,25-28H,14-15H2,1H3. The quantitative estimate of drug-likeness (QED) is 0.103. The molecule has 1 aliphatic heterocycles. The van der Waals surface area contributed by atoms with Crippen LogP contribution in [0.1, 0.15) is 37.5 Å². The number of fused-ring (bicyclic) bond motifs is 5. The number of carbonyl (C=O) groups is 5. The number of anilines is 1. The van der Waals surface area contributed by atoms with Gasteiger partial charge in [0.1, 0.15) is 11.5 Å². The van der Waals surface area contributed by atoms with Gasteiger partial charge in [-0.25, -0.2) is 9.59 Å². The minimum Gasteiger partial charge on any atom is -0.497 e. The van der Waals surface area contributed by atoms with Crippen LogP contribution in [0.15, 0.2) is 72.8 Å². The van der Waals surface area contributed by atoms with Crippen molar-refractivity contribution >= 4 is 67.1 Å². The number of halogens is 2. The lowest BCUT2D eigenvalue weighted by Crippen LogP contribution is -2.37. The van der Waals surface area contributed by atoms with E-state index in [4.69, 9.17) is 14.2 Å². The largest absolute Gasteiger partial charge is 0.497 e. The number of amides is 2. The molecule has 0 spiro atoms. The number of benzene rings is 3. The lowest BCUT2D eigenvalue weighted by Gasteiger charge is -2.28. The highest BCUT2D eigenvalue weighted by Gasteiger charge is 2.66. The summed E-state index contributed by atoms with van der Waals surface area (Å²) in [5, 5.41) is 0. The number of esters is 2. The van der Waals surface area contributed by atoms with Gasteiger partial charge in [0, 0.05) is 15.2 Å². The number of hydrogen-bond acceptors (Lipinski definition) is 8. The first kappa shape index (κ1) is 29.3. The van der Waals surface area contributed by atoms with E-state index in [9.17, 15) is 24.0 Å². The van der Waals surface area contributed by atoms with Crippen LogP contribution in [-0.4, -0.2) is 52.9 Å². The van der Waals surface area contributed by atoms with Gasteiger partial charge in [-0.05, 0) is 78.9 Å². The third-order valence-electron chi connectivity index (χ3n) is 8.35. The fourth-order valence-corrected chi connectivity index (χ4v) is 8.17. The van der Waals surface area contributed by atoms with Gasteiger partial charge in [-0.3, -0.25) is 19.3 Å². The predicted octanol–water partition coefficient (Wildman–Crippen LogP) is 5.24. The molecule has 2 aliphatic carbocycles. The van der Waals surface area contributed by atoms with Gasteiger partial charge in [0.2, 0.25) is 11.8 Å². The first-order chi connectivity index (χ1) is 20.7. The number of methoxy groups -OCH3 is 1. The molecule has 3 aromatic carbocycles. The summed E-state index contributed by atoms with van der Waals surface area (Å²) in [5.74, 6) is -2.14. The molecule has 0 N–H and O–H groups in total. The van der Waals surface area contributed by atoms with Gasteiger partial charge in [0.05, 0.1) is 35.8 Å². The summed E-state index contributed by atoms with van der Waals surface area (Å²) in [6, 6.07) is 18.5. The van der Waals surface area contributed by atoms with Crippen LogP contribution < -0.4 is 14.4 Å². The predicted molar refractivity (Wildman–Crippen MR) is 162 cm³/mol. The lowest BCUT2D eigenvalue weighted by molar-refractivity contribution is -0.123. The lowest BCUT2D eigenvalue weighted by atomic mass is 9.81. The van der Waals surface area contributed by atoms with Crippen LogP contribution in [0, 0.1) is 23.7 Å². The zero-order valence-electron chi connectivity index (χ0n) is 22.8. The highest BCUT2D eigenvalue weighted by atomic mass is 79.9. The molecule has 1 saturated heterocycles. The maximum Gasteiger partial charge on any atom is 0.343 e. The molecule has 0 radical (unpaired) electrons. The van der Waals surface area contributed by atoms with E-state index < -0.39 is 24.3 Å². The van der Waals surface area contributed by atoms with Crippen molar-refractivity contribution in [2.24, 2.45) is 23.7 Å². The smallest absolute Gasteiger partial charge is 0.343 e. The summed E-state index contributed by atoms with van der Waals surface area (Å²) in [7, 11) is 1.50. The first-order valence-corrected chi connectivity index (χ1v) is 15.4. The second kappa shape index (κ2) is 11.7. The van der Waals surface area contributed by atoms with Crippen LogP contribution in [0.2, 0.25) is 0 Å². The summed E-state index contributed by atoms with van der Waals surface area (Å²) >= 11 is 7.36. The molecule has 11 heteroatoms. The Morgan fingerprint density at radius 1 is 0.767 bits per heavy atom. The van der Waals surface area contributed by atoms with E-state index in [0.29, 0.717) is 17.0 Å². The summed E-state index contributed by atoms with van der Waals surface area (Å²) in [6.07, 6.45) is 0.823. The van der Waals surface area contributed by atoms with Gasteiger partial charge in [0.15, 0.2) is 12.4 Å². The molecule has 1 heterocycles. The van der Waals surface area contributed by atoms with Gasteiger partial charge in [-0.15, -0.1) is 0 Å². The van der Waals surface area contributed by atoms with Gasteiger partial charge >= 0.3 is 11.9 Å². The topological polar surface area (TPSA) is 116 Å². The minimum absolute atomic E-state index is 0.0778. The van der Waals surface area contributed by atoms with Crippen molar-refractivity contribution in [1.29, 1.82) is 0 Å². The van der Waals surface area contributed by atoms with Crippen LogP contribution >= 0.6 is 31.9 Å². The molecule has 3 aliphatic rings. The molecule has 6 rings (SSSR count). The van der Waals surface area contributed by atoms with E-state index >= 15 is 0 Å². The van der Waals surface area contributed by atoms with Crippen molar-refractivity contribution in [3.8, 4) is 11.5 Å². The van der Waals surface area contributed by atoms with Crippen LogP contribution in [0.25, 0.3) is 0 Å². The summed E-state index contributed by atoms with van der Waals surface area (Å²) in [4.78, 5) is 66.1. The van der Waals surface area contributed by atoms with Crippen molar-refractivity contribution in [2.75, 3.05) is 18.6 Å². The van der Waals surface area contributed by atoms with Gasteiger partial charge in [-0.1, -0.05) is 44.0 Å². The van der Waals surface area contributed by atoms with Crippen LogP contribution in [0.4, 0.5) is 5.69 Å². The minimum atomic E-state index is -0.764. The number of ketones is 1. The van der Waals surface area contributed by atoms with Crippen LogP contribution in [-0.2, 0) is 14.3 Å². The second-order valence-electron chi connectivity index (χ2n) is 10.7. The first-order valence-electron chi connectivity index (χ1n) is 13.6. The number of rotatable bonds is 8. The summed E-state index contributed by atoms with van der Waals surface area (Å²) < 4.78 is 15.7. The van der Waals surface area contributed by atoms with E-state index in [2.05, 4.69) is 31.9 Å². The third kappa shape index (κ3) is 5.29. The Morgan fingerprint density at radius 3 is 2.00 bits per heavy atom. The zero-order valence-corrected chi connectivity index (χ0v) is 25.9. The summed E-state index contributed by atoms with van der Waals surface area (Å²) in [5.41, 5.74) is 0.986. The van der Waals surface area contributed by atoms with Crippen LogP contribution in [0.5, 0.6) is 11.5 Å². The Kier molecular flexibility index (Phi) is 7.95. The van der Waals surface area contributed by atoms with E-state index in [1.807, 2.05) is 0 Å². The average molecular weight is 711 g/mol. The molecule has 3 fully saturated rings. The number of ether oxygens (including phenoxy) is 3. The highest BCUT2D eigenvalue weighted by molar-refractivity contribution is 9.12. The van der Waals surface area contributed by atoms with E-state index in [0.717, 1.165) is 6.42 Å². The molecule has 2 saturated carbocycles. The molecule has 2 amide bonds. The van der Waals surface area contributed by atoms with Crippen molar-refractivity contribution in [1.82, 2.24) is 0 Å². The van der Waals surface area contributed by atoms with Crippen molar-refractivity contribution in [3.63, 3.8) is 0 Å². The normalized spacial score (nSPS) is 25.4. The third-order valence-corrected chi connectivity index (χ3v) is 11.6. The summed E-state index contributed by atoms with van der Waals surface area (Å²) in [6.45, 7) is -0.527. The molecule has 6 unspecified atom stereocenters. The Labute approximate surface area is 263 Å². The molecule has 2 bridgehead atoms. The molecule has 220 valence electrons. The van der Waals surface area contributed by atoms with Crippen LogP contribution in [0.3, 0.4) is 0 Å². The zero-order chi connectivity index (χ0) is 30.4. The number of hydrogen-bond donors (Lipinski definition) is 0. The monoisotopic (exact) mass is 709 g/mol. The van der Waals surface area contributed by atoms with E-state index in [1.54, 1.807) is 36.4 Å². The molecular formula is C32H25Br2NO8. The van der Waals surface area contributed by atoms with Crippen molar-refractivity contribution in [2.45, 2.75) is 16.1 Å². The second-order valence-corrected chi connectivity index (χ2v) is 12.8. The maximum absolute atomic E-state index is 13.3. The van der Waals surface area contributed by atoms with Gasteiger partial charge < -0.3 is 14.2 Å². The highest BCUT2D eigenvalue weighted by Crippen LogP contribution is 2.60. The maximum atomic E-state index is 13.3. The van der Waals surface area contributed by atoms with Crippen molar-refractivity contribution in [3.05, 3.63) is 89.5 Å². The number of imide groups is 1. The fourth-order valence-electron chi connectivity index (χ4n) is 6.30. The number of nitrogens with zero attached hydrogens (tertiary/aromatic N) is 1. The number of Topliss-reactive ketones (excluding diaryl/α,β-unsaturated/α-hetero) is 1. The molecule has 6 atom stereocenters. The SMILES string of the molecule is COc1cccc(C(=O)Oc2ccc(C(=O)COC(=O)c3cccc(N4C(=O)C5C6CC(C(Br)C6Br)C5C4=O)c3)cc2)c1. The van der Waals surface area contributed by atoms with Crippen molar-refractivity contribution < 1.29 is 38.2 Å². The van der Waals surface area contributed by atoms with E-state index in [-0.39, 0.29) is 62.0 Å². The molecule has 43 heavy (non-hydrogen) atoms.